The molecule has 3 N–H and O–H groups in total. The topological polar surface area (TPSA) is 142 Å². The van der Waals surface area contributed by atoms with Crippen LogP contribution in [0.3, 0.4) is 0 Å². The van der Waals surface area contributed by atoms with E-state index in [4.69, 9.17) is 22.1 Å². The van der Waals surface area contributed by atoms with Gasteiger partial charge in [0.05, 0.1) is 21.5 Å². The first kappa shape index (κ1) is 21.3. The van der Waals surface area contributed by atoms with Crippen molar-refractivity contribution in [3.63, 3.8) is 0 Å². The maximum Gasteiger partial charge on any atom is 0.341 e. The molecule has 0 radical (unpaired) electrons. The first-order valence-corrected chi connectivity index (χ1v) is 9.11. The van der Waals surface area contributed by atoms with E-state index in [1.165, 1.54) is 19.1 Å². The van der Waals surface area contributed by atoms with E-state index in [0.717, 1.165) is 17.4 Å². The summed E-state index contributed by atoms with van der Waals surface area (Å²) in [6, 6.07) is 3.53. The zero-order valence-electron chi connectivity index (χ0n) is 15.1. The first-order chi connectivity index (χ1) is 13.0. The van der Waals surface area contributed by atoms with E-state index < -0.39 is 34.5 Å². The second kappa shape index (κ2) is 8.36. The van der Waals surface area contributed by atoms with Gasteiger partial charge in [-0.25, -0.2) is 4.79 Å². The van der Waals surface area contributed by atoms with Crippen LogP contribution in [0.1, 0.15) is 49.8 Å². The Morgan fingerprint density at radius 1 is 1.32 bits per heavy atom. The number of carbonyl (C=O) groups excluding carboxylic acids is 3. The maximum atomic E-state index is 12.5. The second-order valence-electron chi connectivity index (χ2n) is 5.96. The van der Waals surface area contributed by atoms with Crippen molar-refractivity contribution in [2.45, 2.75) is 26.9 Å². The first-order valence-electron chi connectivity index (χ1n) is 7.92. The van der Waals surface area contributed by atoms with Crippen molar-refractivity contribution in [1.82, 2.24) is 0 Å². The standard InChI is InChI=1S/C17H16ClN3O6S/c1-7(2)27-17(24)12-8(3)13(14(19)22)28-16(12)20-15(23)9-4-5-10(18)11(6-9)21(25)26/h4-7H,1-3H3,(H2,19,22)(H,20,23). The Balaban J connectivity index is 2.45. The smallest absolute Gasteiger partial charge is 0.341 e. The van der Waals surface area contributed by atoms with Gasteiger partial charge in [0.15, 0.2) is 0 Å². The number of hydrogen-bond donors (Lipinski definition) is 2. The van der Waals surface area contributed by atoms with E-state index in [9.17, 15) is 24.5 Å². The quantitative estimate of drug-likeness (QED) is 0.411. The highest BCUT2D eigenvalue weighted by Crippen LogP contribution is 2.34. The number of anilines is 1. The van der Waals surface area contributed by atoms with Gasteiger partial charge in [0.2, 0.25) is 0 Å². The van der Waals surface area contributed by atoms with Crippen LogP contribution in [-0.4, -0.2) is 28.8 Å². The number of hydrogen-bond acceptors (Lipinski definition) is 7. The van der Waals surface area contributed by atoms with Gasteiger partial charge in [0.1, 0.15) is 10.0 Å². The molecule has 1 aromatic heterocycles. The zero-order valence-corrected chi connectivity index (χ0v) is 16.6. The number of nitro groups is 1. The lowest BCUT2D eigenvalue weighted by Crippen LogP contribution is -2.17. The lowest BCUT2D eigenvalue weighted by Gasteiger charge is -2.10. The highest BCUT2D eigenvalue weighted by molar-refractivity contribution is 7.18. The predicted octanol–water partition coefficient (Wildman–Crippen LogP) is 3.53. The number of benzene rings is 1. The molecule has 1 heterocycles. The second-order valence-corrected chi connectivity index (χ2v) is 7.38. The number of nitrogens with one attached hydrogen (secondary N) is 1. The molecular weight excluding hydrogens is 410 g/mol. The number of primary amides is 1. The minimum absolute atomic E-state index is 0.00399. The van der Waals surface area contributed by atoms with Crippen molar-refractivity contribution in [2.24, 2.45) is 5.73 Å². The Kier molecular flexibility index (Phi) is 6.37. The molecule has 148 valence electrons. The SMILES string of the molecule is Cc1c(C(N)=O)sc(NC(=O)c2ccc(Cl)c([N+](=O)[O-])c2)c1C(=O)OC(C)C. The van der Waals surface area contributed by atoms with Gasteiger partial charge in [0.25, 0.3) is 17.5 Å². The molecule has 9 nitrogen and oxygen atoms in total. The molecule has 11 heteroatoms. The third-order valence-corrected chi connectivity index (χ3v) is 5.09. The minimum Gasteiger partial charge on any atom is -0.459 e. The van der Waals surface area contributed by atoms with Gasteiger partial charge >= 0.3 is 5.97 Å². The number of rotatable bonds is 6. The van der Waals surface area contributed by atoms with E-state index >= 15 is 0 Å². The molecule has 1 aromatic carbocycles. The fourth-order valence-corrected chi connectivity index (χ4v) is 3.55. The minimum atomic E-state index is -0.760. The molecule has 0 fully saturated rings. The summed E-state index contributed by atoms with van der Waals surface area (Å²) in [5.74, 6) is -2.21. The van der Waals surface area contributed by atoms with Crippen LogP contribution in [0.15, 0.2) is 18.2 Å². The lowest BCUT2D eigenvalue weighted by atomic mass is 10.1. The Morgan fingerprint density at radius 3 is 2.50 bits per heavy atom. The molecular formula is C17H16ClN3O6S. The van der Waals surface area contributed by atoms with Gasteiger partial charge in [-0.15, -0.1) is 11.3 Å². The molecule has 0 saturated heterocycles. The summed E-state index contributed by atoms with van der Waals surface area (Å²) in [6.45, 7) is 4.82. The Bertz CT molecular complexity index is 986. The highest BCUT2D eigenvalue weighted by Gasteiger charge is 2.27. The molecule has 2 rings (SSSR count). The predicted molar refractivity (Wildman–Crippen MR) is 104 cm³/mol. The number of nitrogens with zero attached hydrogens (tertiary/aromatic N) is 1. The van der Waals surface area contributed by atoms with Crippen LogP contribution in [0.2, 0.25) is 5.02 Å². The van der Waals surface area contributed by atoms with Crippen LogP contribution in [-0.2, 0) is 4.74 Å². The van der Waals surface area contributed by atoms with Crippen LogP contribution in [0.4, 0.5) is 10.7 Å². The van der Waals surface area contributed by atoms with Gasteiger partial charge in [0, 0.05) is 11.6 Å². The Labute approximate surface area is 168 Å². The van der Waals surface area contributed by atoms with Crippen LogP contribution >= 0.6 is 22.9 Å². The normalized spacial score (nSPS) is 10.6. The summed E-state index contributed by atoms with van der Waals surface area (Å²) in [4.78, 5) is 47.0. The number of nitro benzene ring substituents is 1. The molecule has 0 aliphatic rings. The van der Waals surface area contributed by atoms with E-state index in [-0.39, 0.29) is 31.6 Å². The average molecular weight is 426 g/mol. The summed E-state index contributed by atoms with van der Waals surface area (Å²) in [5.41, 5.74) is 5.12. The monoisotopic (exact) mass is 425 g/mol. The number of amides is 2. The van der Waals surface area contributed by atoms with Crippen molar-refractivity contribution >= 4 is 51.4 Å². The maximum absolute atomic E-state index is 12.5. The molecule has 0 bridgehead atoms. The Hall–Kier alpha value is -2.98. The van der Waals surface area contributed by atoms with Gasteiger partial charge in [-0.05, 0) is 38.5 Å². The molecule has 0 atom stereocenters. The van der Waals surface area contributed by atoms with Crippen LogP contribution < -0.4 is 11.1 Å². The summed E-state index contributed by atoms with van der Waals surface area (Å²) in [7, 11) is 0. The lowest BCUT2D eigenvalue weighted by molar-refractivity contribution is -0.384. The summed E-state index contributed by atoms with van der Waals surface area (Å²) in [6.07, 6.45) is -0.425. The van der Waals surface area contributed by atoms with Crippen LogP contribution in [0.25, 0.3) is 0 Å². The average Bonchev–Trinajstić information content (AvgIpc) is 2.90. The van der Waals surface area contributed by atoms with E-state index in [1.807, 2.05) is 0 Å². The molecule has 0 unspecified atom stereocenters. The van der Waals surface area contributed by atoms with Gasteiger partial charge in [-0.3, -0.25) is 19.7 Å². The molecule has 2 amide bonds. The van der Waals surface area contributed by atoms with Crippen molar-refractivity contribution in [2.75, 3.05) is 5.32 Å². The van der Waals surface area contributed by atoms with Crippen molar-refractivity contribution < 1.29 is 24.0 Å². The molecule has 0 spiro atoms. The van der Waals surface area contributed by atoms with E-state index in [1.54, 1.807) is 13.8 Å². The number of thiophene rings is 1. The zero-order chi connectivity index (χ0) is 21.2. The molecule has 28 heavy (non-hydrogen) atoms. The summed E-state index contributed by atoms with van der Waals surface area (Å²) >= 11 is 6.57. The fourth-order valence-electron chi connectivity index (χ4n) is 2.32. The fraction of sp³-hybridized carbons (Fsp3) is 0.235. The van der Waals surface area contributed by atoms with Crippen LogP contribution in [0.5, 0.6) is 0 Å². The van der Waals surface area contributed by atoms with Gasteiger partial charge in [-0.1, -0.05) is 11.6 Å². The number of nitrogens with two attached hydrogens (primary N) is 1. The Morgan fingerprint density at radius 2 is 1.96 bits per heavy atom. The van der Waals surface area contributed by atoms with E-state index in [2.05, 4.69) is 5.32 Å². The van der Waals surface area contributed by atoms with Crippen molar-refractivity contribution in [1.29, 1.82) is 0 Å². The number of halogens is 1. The van der Waals surface area contributed by atoms with E-state index in [0.29, 0.717) is 0 Å². The molecule has 2 aromatic rings. The largest absolute Gasteiger partial charge is 0.459 e. The number of carbonyl (C=O) groups is 3. The van der Waals surface area contributed by atoms with Gasteiger partial charge < -0.3 is 15.8 Å². The number of esters is 1. The van der Waals surface area contributed by atoms with Gasteiger partial charge in [-0.2, -0.15) is 0 Å². The summed E-state index contributed by atoms with van der Waals surface area (Å²) < 4.78 is 5.16. The molecule has 0 aliphatic heterocycles. The third-order valence-electron chi connectivity index (χ3n) is 3.55. The molecule has 0 saturated carbocycles. The number of ether oxygens (including phenoxy) is 1. The van der Waals surface area contributed by atoms with Crippen molar-refractivity contribution in [3.05, 3.63) is 54.9 Å². The summed E-state index contributed by atoms with van der Waals surface area (Å²) in [5, 5.41) is 13.4. The third kappa shape index (κ3) is 4.46. The highest BCUT2D eigenvalue weighted by atomic mass is 35.5. The molecule has 0 aliphatic carbocycles. The van der Waals surface area contributed by atoms with Crippen molar-refractivity contribution in [3.8, 4) is 0 Å². The van der Waals surface area contributed by atoms with Crippen LogP contribution in [0, 0.1) is 17.0 Å².